The number of rotatable bonds is 4. The summed E-state index contributed by atoms with van der Waals surface area (Å²) in [5.41, 5.74) is 1.07. The lowest BCUT2D eigenvalue weighted by atomic mass is 9.80. The third-order valence-corrected chi connectivity index (χ3v) is 4.28. The average Bonchev–Trinajstić information content (AvgIpc) is 2.97. The molecule has 5 nitrogen and oxygen atoms in total. The molecule has 0 bridgehead atoms. The second kappa shape index (κ2) is 7.31. The van der Waals surface area contributed by atoms with E-state index in [0.29, 0.717) is 6.04 Å². The van der Waals surface area contributed by atoms with Gasteiger partial charge in [0.25, 0.3) is 0 Å². The molecule has 3 N–H and O–H groups in total. The summed E-state index contributed by atoms with van der Waals surface area (Å²) in [6, 6.07) is 2.52. The summed E-state index contributed by atoms with van der Waals surface area (Å²) in [6.45, 7) is 5.40. The fraction of sp³-hybridized carbons (Fsp3) is 0.733. The van der Waals surface area contributed by atoms with Crippen molar-refractivity contribution in [3.8, 4) is 0 Å². The van der Waals surface area contributed by atoms with Gasteiger partial charge in [-0.15, -0.1) is 0 Å². The van der Waals surface area contributed by atoms with E-state index in [0.717, 1.165) is 30.0 Å². The lowest BCUT2D eigenvalue weighted by Crippen LogP contribution is -2.44. The summed E-state index contributed by atoms with van der Waals surface area (Å²) < 4.78 is 0. The van der Waals surface area contributed by atoms with Crippen molar-refractivity contribution in [1.29, 1.82) is 0 Å². The molecule has 0 atom stereocenters. The zero-order valence-electron chi connectivity index (χ0n) is 12.8. The highest BCUT2D eigenvalue weighted by molar-refractivity contribution is 5.79. The van der Waals surface area contributed by atoms with Crippen LogP contribution in [0.4, 0.5) is 0 Å². The number of guanidine groups is 1. The number of nitrogens with one attached hydrogen (secondary N) is 3. The molecular formula is C15H27N5. The maximum atomic E-state index is 4.30. The van der Waals surface area contributed by atoms with Crippen molar-refractivity contribution < 1.29 is 0 Å². The number of aromatic amines is 1. The Morgan fingerprint density at radius 2 is 2.15 bits per heavy atom. The van der Waals surface area contributed by atoms with Crippen LogP contribution in [0.2, 0.25) is 0 Å². The Morgan fingerprint density at radius 3 is 2.70 bits per heavy atom. The molecule has 2 rings (SSSR count). The minimum Gasteiger partial charge on any atom is -0.354 e. The van der Waals surface area contributed by atoms with Gasteiger partial charge in [-0.1, -0.05) is 13.8 Å². The third kappa shape index (κ3) is 4.25. The normalized spacial score (nSPS) is 23.9. The van der Waals surface area contributed by atoms with Gasteiger partial charge in [-0.3, -0.25) is 10.1 Å². The zero-order chi connectivity index (χ0) is 14.4. The molecule has 1 saturated carbocycles. The van der Waals surface area contributed by atoms with Crippen LogP contribution in [0.15, 0.2) is 17.3 Å². The van der Waals surface area contributed by atoms with Gasteiger partial charge in [-0.05, 0) is 43.6 Å². The van der Waals surface area contributed by atoms with Crippen LogP contribution in [-0.4, -0.2) is 29.2 Å². The van der Waals surface area contributed by atoms with Gasteiger partial charge < -0.3 is 10.6 Å². The molecule has 112 valence electrons. The first-order chi connectivity index (χ1) is 9.69. The van der Waals surface area contributed by atoms with Crippen LogP contribution in [0.1, 0.15) is 45.2 Å². The maximum Gasteiger partial charge on any atom is 0.191 e. The van der Waals surface area contributed by atoms with Crippen LogP contribution in [-0.2, 0) is 6.54 Å². The molecule has 0 radical (unpaired) electrons. The summed E-state index contributed by atoms with van der Waals surface area (Å²) >= 11 is 0. The van der Waals surface area contributed by atoms with Gasteiger partial charge in [0.15, 0.2) is 5.96 Å². The minimum atomic E-state index is 0.554. The molecule has 0 unspecified atom stereocenters. The van der Waals surface area contributed by atoms with Crippen LogP contribution < -0.4 is 10.6 Å². The van der Waals surface area contributed by atoms with E-state index < -0.39 is 0 Å². The predicted octanol–water partition coefficient (Wildman–Crippen LogP) is 2.29. The first kappa shape index (κ1) is 14.9. The Bertz CT molecular complexity index is 402. The van der Waals surface area contributed by atoms with Crippen molar-refractivity contribution in [3.63, 3.8) is 0 Å². The second-order valence-corrected chi connectivity index (χ2v) is 6.01. The highest BCUT2D eigenvalue weighted by atomic mass is 15.2. The highest BCUT2D eigenvalue weighted by Crippen LogP contribution is 2.29. The van der Waals surface area contributed by atoms with E-state index in [1.165, 1.54) is 25.7 Å². The molecule has 1 aromatic heterocycles. The number of hydrogen-bond acceptors (Lipinski definition) is 2. The van der Waals surface area contributed by atoms with Crippen molar-refractivity contribution in [2.75, 3.05) is 7.05 Å². The zero-order valence-corrected chi connectivity index (χ0v) is 12.8. The molecule has 1 fully saturated rings. The van der Waals surface area contributed by atoms with Crippen LogP contribution >= 0.6 is 0 Å². The topological polar surface area (TPSA) is 65.1 Å². The number of aromatic nitrogens is 2. The van der Waals surface area contributed by atoms with Crippen LogP contribution in [0.5, 0.6) is 0 Å². The quantitative estimate of drug-likeness (QED) is 0.584. The minimum absolute atomic E-state index is 0.554. The fourth-order valence-electron chi connectivity index (χ4n) is 2.88. The third-order valence-electron chi connectivity index (χ3n) is 4.28. The molecule has 1 aliphatic carbocycles. The molecule has 20 heavy (non-hydrogen) atoms. The Balaban J connectivity index is 1.74. The van der Waals surface area contributed by atoms with Crippen LogP contribution in [0.25, 0.3) is 0 Å². The lowest BCUT2D eigenvalue weighted by molar-refractivity contribution is 0.250. The van der Waals surface area contributed by atoms with Crippen molar-refractivity contribution >= 4 is 5.96 Å². The summed E-state index contributed by atoms with van der Waals surface area (Å²) in [5, 5.41) is 13.7. The van der Waals surface area contributed by atoms with E-state index >= 15 is 0 Å². The van der Waals surface area contributed by atoms with E-state index in [4.69, 9.17) is 0 Å². The Kier molecular flexibility index (Phi) is 5.44. The first-order valence-electron chi connectivity index (χ1n) is 7.64. The molecular weight excluding hydrogens is 250 g/mol. The van der Waals surface area contributed by atoms with Gasteiger partial charge in [-0.2, -0.15) is 5.10 Å². The lowest BCUT2D eigenvalue weighted by Gasteiger charge is -2.32. The monoisotopic (exact) mass is 277 g/mol. The standard InChI is InChI=1S/C15H27N5/c1-11(2)12-4-6-13(7-5-12)19-15(16-3)17-10-14-8-9-18-20-14/h8-9,11-13H,4-7,10H2,1-3H3,(H,18,20)(H2,16,17,19). The van der Waals surface area contributed by atoms with E-state index in [2.05, 4.69) is 39.7 Å². The fourth-order valence-corrected chi connectivity index (χ4v) is 2.88. The Hall–Kier alpha value is -1.52. The number of hydrogen-bond donors (Lipinski definition) is 3. The molecule has 1 heterocycles. The van der Waals surface area contributed by atoms with Gasteiger partial charge in [0, 0.05) is 19.3 Å². The molecule has 1 aromatic rings. The van der Waals surface area contributed by atoms with Gasteiger partial charge in [0.05, 0.1) is 12.2 Å². The van der Waals surface area contributed by atoms with Crippen molar-refractivity contribution in [3.05, 3.63) is 18.0 Å². The molecule has 1 aliphatic rings. The average molecular weight is 277 g/mol. The number of H-pyrrole nitrogens is 1. The van der Waals surface area contributed by atoms with Gasteiger partial charge in [0.2, 0.25) is 0 Å². The molecule has 0 amide bonds. The molecule has 0 saturated heterocycles. The summed E-state index contributed by atoms with van der Waals surface area (Å²) in [4.78, 5) is 4.30. The smallest absolute Gasteiger partial charge is 0.191 e. The molecule has 0 aliphatic heterocycles. The van der Waals surface area contributed by atoms with E-state index in [9.17, 15) is 0 Å². The summed E-state index contributed by atoms with van der Waals surface area (Å²) in [6.07, 6.45) is 6.90. The predicted molar refractivity (Wildman–Crippen MR) is 82.5 cm³/mol. The maximum absolute atomic E-state index is 4.30. The first-order valence-corrected chi connectivity index (χ1v) is 7.64. The van der Waals surface area contributed by atoms with Crippen molar-refractivity contribution in [2.24, 2.45) is 16.8 Å². The Morgan fingerprint density at radius 1 is 1.40 bits per heavy atom. The second-order valence-electron chi connectivity index (χ2n) is 6.01. The Labute approximate surface area is 121 Å². The van der Waals surface area contributed by atoms with E-state index in [1.54, 1.807) is 6.20 Å². The molecule has 0 aromatic carbocycles. The van der Waals surface area contributed by atoms with E-state index in [-0.39, 0.29) is 0 Å². The molecule has 0 spiro atoms. The van der Waals surface area contributed by atoms with Gasteiger partial charge in [-0.25, -0.2) is 0 Å². The summed E-state index contributed by atoms with van der Waals surface area (Å²) in [5.74, 6) is 2.59. The largest absolute Gasteiger partial charge is 0.354 e. The number of nitrogens with zero attached hydrogens (tertiary/aromatic N) is 2. The molecule has 5 heteroatoms. The van der Waals surface area contributed by atoms with Gasteiger partial charge in [0.1, 0.15) is 0 Å². The number of aliphatic imine (C=N–C) groups is 1. The SMILES string of the molecule is CN=C(NCc1ccn[nH]1)NC1CCC(C(C)C)CC1. The van der Waals surface area contributed by atoms with Gasteiger partial charge >= 0.3 is 0 Å². The highest BCUT2D eigenvalue weighted by Gasteiger charge is 2.23. The van der Waals surface area contributed by atoms with Crippen molar-refractivity contribution in [2.45, 2.75) is 52.1 Å². The van der Waals surface area contributed by atoms with Crippen LogP contribution in [0.3, 0.4) is 0 Å². The van der Waals surface area contributed by atoms with E-state index in [1.807, 2.05) is 13.1 Å². The van der Waals surface area contributed by atoms with Crippen LogP contribution in [0, 0.1) is 11.8 Å². The van der Waals surface area contributed by atoms with Crippen molar-refractivity contribution in [1.82, 2.24) is 20.8 Å². The summed E-state index contributed by atoms with van der Waals surface area (Å²) in [7, 11) is 1.82.